The third-order valence-electron chi connectivity index (χ3n) is 3.96. The zero-order chi connectivity index (χ0) is 17.3. The molecular formula is C16H20N4O3S. The summed E-state index contributed by atoms with van der Waals surface area (Å²) in [5.74, 6) is -0.305. The highest BCUT2D eigenvalue weighted by atomic mass is 32.1. The molecule has 1 atom stereocenters. The van der Waals surface area contributed by atoms with Gasteiger partial charge in [0.2, 0.25) is 0 Å². The van der Waals surface area contributed by atoms with Crippen molar-refractivity contribution >= 4 is 28.8 Å². The summed E-state index contributed by atoms with van der Waals surface area (Å²) in [4.78, 5) is 28.8. The maximum atomic E-state index is 12.1. The zero-order valence-corrected chi connectivity index (χ0v) is 14.7. The van der Waals surface area contributed by atoms with Gasteiger partial charge >= 0.3 is 11.8 Å². The van der Waals surface area contributed by atoms with Gasteiger partial charge < -0.3 is 15.2 Å². The van der Waals surface area contributed by atoms with Crippen molar-refractivity contribution in [2.75, 3.05) is 5.32 Å². The Hall–Kier alpha value is -2.22. The highest BCUT2D eigenvalue weighted by Crippen LogP contribution is 2.41. The summed E-state index contributed by atoms with van der Waals surface area (Å²) < 4.78 is 5.10. The minimum absolute atomic E-state index is 0.318. The number of rotatable bonds is 5. The van der Waals surface area contributed by atoms with Crippen LogP contribution in [-0.4, -0.2) is 22.0 Å². The van der Waals surface area contributed by atoms with Gasteiger partial charge in [0.05, 0.1) is 16.7 Å². The Labute approximate surface area is 143 Å². The first-order valence-electron chi connectivity index (χ1n) is 8.01. The van der Waals surface area contributed by atoms with Gasteiger partial charge in [-0.2, -0.15) is 0 Å². The first kappa shape index (κ1) is 16.6. The Morgan fingerprint density at radius 3 is 2.83 bits per heavy atom. The van der Waals surface area contributed by atoms with Crippen LogP contribution in [0.3, 0.4) is 0 Å². The molecule has 2 amide bonds. The van der Waals surface area contributed by atoms with E-state index in [0.29, 0.717) is 29.5 Å². The van der Waals surface area contributed by atoms with Gasteiger partial charge in [-0.15, -0.1) is 11.3 Å². The van der Waals surface area contributed by atoms with E-state index in [0.717, 1.165) is 10.7 Å². The van der Waals surface area contributed by atoms with Crippen molar-refractivity contribution < 1.29 is 14.1 Å². The first-order valence-corrected chi connectivity index (χ1v) is 8.89. The molecule has 7 nitrogen and oxygen atoms in total. The molecule has 0 aromatic carbocycles. The first-order chi connectivity index (χ1) is 11.5. The molecule has 2 aromatic rings. The average Bonchev–Trinajstić information content (AvgIpc) is 3.19. The molecule has 2 aromatic heterocycles. The van der Waals surface area contributed by atoms with E-state index in [1.54, 1.807) is 18.3 Å². The standard InChI is InChI=1S/C16H20N4O3S/c1-4-12-13(9(3)20-23-12)19-15(22)14(21)17-8(2)11-7-24-16(18-11)10-5-6-10/h7-8,10H,4-6H2,1-3H3,(H,17,21)(H,19,22)/t8-/m1/s1. The fourth-order valence-corrected chi connectivity index (χ4v) is 3.43. The molecule has 2 N–H and O–H groups in total. The average molecular weight is 348 g/mol. The molecule has 24 heavy (non-hydrogen) atoms. The molecule has 8 heteroatoms. The van der Waals surface area contributed by atoms with Crippen LogP contribution in [0, 0.1) is 6.92 Å². The highest BCUT2D eigenvalue weighted by molar-refractivity contribution is 7.09. The number of carbonyl (C=O) groups excluding carboxylic acids is 2. The van der Waals surface area contributed by atoms with Crippen molar-refractivity contribution in [3.63, 3.8) is 0 Å². The van der Waals surface area contributed by atoms with E-state index in [9.17, 15) is 9.59 Å². The van der Waals surface area contributed by atoms with Gasteiger partial charge in [0, 0.05) is 17.7 Å². The number of aromatic nitrogens is 2. The number of carbonyl (C=O) groups is 2. The lowest BCUT2D eigenvalue weighted by atomic mass is 10.2. The normalized spacial score (nSPS) is 15.1. The Balaban J connectivity index is 1.60. The van der Waals surface area contributed by atoms with Crippen molar-refractivity contribution in [1.82, 2.24) is 15.5 Å². The SMILES string of the molecule is CCc1onc(C)c1NC(=O)C(=O)N[C@H](C)c1csc(C2CC2)n1. The molecule has 2 heterocycles. The third-order valence-corrected chi connectivity index (χ3v) is 4.98. The second kappa shape index (κ2) is 6.72. The van der Waals surface area contributed by atoms with E-state index < -0.39 is 11.8 Å². The number of nitrogens with one attached hydrogen (secondary N) is 2. The molecule has 128 valence electrons. The van der Waals surface area contributed by atoms with E-state index in [-0.39, 0.29) is 6.04 Å². The summed E-state index contributed by atoms with van der Waals surface area (Å²) in [6.45, 7) is 5.42. The maximum Gasteiger partial charge on any atom is 0.313 e. The Kier molecular flexibility index (Phi) is 4.66. The van der Waals surface area contributed by atoms with Crippen LogP contribution in [0.1, 0.15) is 60.8 Å². The van der Waals surface area contributed by atoms with Crippen LogP contribution in [0.2, 0.25) is 0 Å². The van der Waals surface area contributed by atoms with Crippen LogP contribution in [0.4, 0.5) is 5.69 Å². The quantitative estimate of drug-likeness (QED) is 0.810. The molecule has 0 aliphatic heterocycles. The van der Waals surface area contributed by atoms with Gasteiger partial charge in [-0.25, -0.2) is 4.98 Å². The molecule has 0 radical (unpaired) electrons. The summed E-state index contributed by atoms with van der Waals surface area (Å²) >= 11 is 1.61. The number of amides is 2. The van der Waals surface area contributed by atoms with Crippen LogP contribution >= 0.6 is 11.3 Å². The Morgan fingerprint density at radius 2 is 2.17 bits per heavy atom. The van der Waals surface area contributed by atoms with E-state index >= 15 is 0 Å². The summed E-state index contributed by atoms with van der Waals surface area (Å²) in [7, 11) is 0. The van der Waals surface area contributed by atoms with Crippen LogP contribution in [0.25, 0.3) is 0 Å². The molecule has 0 unspecified atom stereocenters. The van der Waals surface area contributed by atoms with Gasteiger partial charge in [-0.05, 0) is 26.7 Å². The van der Waals surface area contributed by atoms with E-state index in [1.165, 1.54) is 12.8 Å². The summed E-state index contributed by atoms with van der Waals surface area (Å²) in [5.41, 5.74) is 1.81. The third kappa shape index (κ3) is 3.48. The van der Waals surface area contributed by atoms with Crippen LogP contribution < -0.4 is 10.6 Å². The van der Waals surface area contributed by atoms with Gasteiger partial charge in [0.15, 0.2) is 5.76 Å². The van der Waals surface area contributed by atoms with Gasteiger partial charge in [0.1, 0.15) is 11.4 Å². The number of anilines is 1. The Morgan fingerprint density at radius 1 is 1.42 bits per heavy atom. The molecular weight excluding hydrogens is 328 g/mol. The van der Waals surface area contributed by atoms with E-state index in [2.05, 4.69) is 20.8 Å². The molecule has 0 spiro atoms. The molecule has 0 bridgehead atoms. The molecule has 0 saturated heterocycles. The summed E-state index contributed by atoms with van der Waals surface area (Å²) in [5, 5.41) is 12.1. The number of thiazole rings is 1. The monoisotopic (exact) mass is 348 g/mol. The molecule has 1 aliphatic carbocycles. The maximum absolute atomic E-state index is 12.1. The largest absolute Gasteiger partial charge is 0.359 e. The number of hydrogen-bond acceptors (Lipinski definition) is 6. The van der Waals surface area contributed by atoms with Gasteiger partial charge in [-0.3, -0.25) is 9.59 Å². The minimum atomic E-state index is -0.736. The zero-order valence-electron chi connectivity index (χ0n) is 13.9. The topological polar surface area (TPSA) is 97.1 Å². The van der Waals surface area contributed by atoms with E-state index in [4.69, 9.17) is 4.52 Å². The number of hydrogen-bond donors (Lipinski definition) is 2. The lowest BCUT2D eigenvalue weighted by Crippen LogP contribution is -2.37. The lowest BCUT2D eigenvalue weighted by Gasteiger charge is -2.11. The minimum Gasteiger partial charge on any atom is -0.359 e. The summed E-state index contributed by atoms with van der Waals surface area (Å²) in [6, 6.07) is -0.318. The smallest absolute Gasteiger partial charge is 0.313 e. The molecule has 1 saturated carbocycles. The van der Waals surface area contributed by atoms with Crippen LogP contribution in [-0.2, 0) is 16.0 Å². The van der Waals surface area contributed by atoms with Gasteiger partial charge in [0.25, 0.3) is 0 Å². The fourth-order valence-electron chi connectivity index (χ4n) is 2.34. The van der Waals surface area contributed by atoms with Crippen molar-refractivity contribution in [3.05, 3.63) is 27.5 Å². The number of nitrogens with zero attached hydrogens (tertiary/aromatic N) is 2. The van der Waals surface area contributed by atoms with Crippen LogP contribution in [0.5, 0.6) is 0 Å². The van der Waals surface area contributed by atoms with Gasteiger partial charge in [-0.1, -0.05) is 12.1 Å². The predicted octanol–water partition coefficient (Wildman–Crippen LogP) is 2.70. The lowest BCUT2D eigenvalue weighted by molar-refractivity contribution is -0.136. The molecule has 1 aliphatic rings. The molecule has 1 fully saturated rings. The van der Waals surface area contributed by atoms with E-state index in [1.807, 2.05) is 19.2 Å². The van der Waals surface area contributed by atoms with Crippen molar-refractivity contribution in [2.24, 2.45) is 0 Å². The predicted molar refractivity (Wildman–Crippen MR) is 89.9 cm³/mol. The van der Waals surface area contributed by atoms with Crippen molar-refractivity contribution in [2.45, 2.75) is 52.0 Å². The van der Waals surface area contributed by atoms with Crippen LogP contribution in [0.15, 0.2) is 9.90 Å². The summed E-state index contributed by atoms with van der Waals surface area (Å²) in [6.07, 6.45) is 2.96. The van der Waals surface area contributed by atoms with Crippen molar-refractivity contribution in [3.8, 4) is 0 Å². The van der Waals surface area contributed by atoms with Crippen molar-refractivity contribution in [1.29, 1.82) is 0 Å². The fraction of sp³-hybridized carbons (Fsp3) is 0.500. The molecule has 3 rings (SSSR count). The second-order valence-corrected chi connectivity index (χ2v) is 6.84. The highest BCUT2D eigenvalue weighted by Gasteiger charge is 2.28. The number of aryl methyl sites for hydroxylation is 2. The second-order valence-electron chi connectivity index (χ2n) is 5.95. The Bertz CT molecular complexity index is 763.